The van der Waals surface area contributed by atoms with Crippen molar-refractivity contribution in [1.29, 1.82) is 0 Å². The molecule has 0 aliphatic carbocycles. The van der Waals surface area contributed by atoms with Crippen LogP contribution in [-0.2, 0) is 6.54 Å². The molecule has 0 unspecified atom stereocenters. The van der Waals surface area contributed by atoms with Crippen LogP contribution in [0.15, 0.2) is 26.9 Å². The van der Waals surface area contributed by atoms with Crippen LogP contribution in [0.4, 0.5) is 5.69 Å². The summed E-state index contributed by atoms with van der Waals surface area (Å²) in [6.07, 6.45) is 0.561. The quantitative estimate of drug-likeness (QED) is 0.316. The molecule has 11 heteroatoms. The fraction of sp³-hybridized carbons (Fsp3) is 0.500. The third-order valence-electron chi connectivity index (χ3n) is 5.13. The first-order valence-electron chi connectivity index (χ1n) is 10.1. The lowest BCUT2D eigenvalue weighted by molar-refractivity contribution is 0.271. The van der Waals surface area contributed by atoms with Crippen LogP contribution in [0.25, 0.3) is 22.6 Å². The van der Waals surface area contributed by atoms with Gasteiger partial charge < -0.3 is 19.9 Å². The van der Waals surface area contributed by atoms with Crippen molar-refractivity contribution >= 4 is 16.7 Å². The number of benzene rings is 1. The van der Waals surface area contributed by atoms with Crippen LogP contribution < -0.4 is 16.6 Å². The van der Waals surface area contributed by atoms with Gasteiger partial charge in [-0.05, 0) is 51.6 Å². The Balaban J connectivity index is 2.14. The summed E-state index contributed by atoms with van der Waals surface area (Å²) in [4.78, 5) is 48.0. The Morgan fingerprint density at radius 2 is 2.03 bits per heavy atom. The topological polar surface area (TPSA) is 146 Å². The number of H-pyrrole nitrogens is 1. The van der Waals surface area contributed by atoms with Crippen LogP contribution in [0.5, 0.6) is 0 Å². The number of nitrogens with one attached hydrogen (secondary N) is 2. The fourth-order valence-electron chi connectivity index (χ4n) is 3.45. The summed E-state index contributed by atoms with van der Waals surface area (Å²) in [7, 11) is 3.99. The van der Waals surface area contributed by atoms with E-state index in [1.807, 2.05) is 33.2 Å². The van der Waals surface area contributed by atoms with Crippen molar-refractivity contribution in [3.05, 3.63) is 43.4 Å². The van der Waals surface area contributed by atoms with Crippen molar-refractivity contribution in [1.82, 2.24) is 24.4 Å². The summed E-state index contributed by atoms with van der Waals surface area (Å²) in [5.74, 6) is 0.151. The maximum atomic E-state index is 12.4. The summed E-state index contributed by atoms with van der Waals surface area (Å²) >= 11 is 0. The summed E-state index contributed by atoms with van der Waals surface area (Å²) in [6.45, 7) is 3.65. The van der Waals surface area contributed by atoms with Gasteiger partial charge in [0.15, 0.2) is 11.5 Å². The standard InChI is InChI=1S/C20H27N7O4/c1-12-10-15-16(11-14(12)21-6-8-26(2)3)27(7-4-13(25-31)5-9-28)18-17(22-15)19(29)24-20(30)23-18/h10-11,13,21,28H,4-9H2,1-3H3,(H,24,29,30)/t13-/m0/s1. The second kappa shape index (κ2) is 9.75. The Morgan fingerprint density at radius 1 is 1.26 bits per heavy atom. The molecule has 0 radical (unpaired) electrons. The molecule has 166 valence electrons. The van der Waals surface area contributed by atoms with Crippen LogP contribution in [0, 0.1) is 11.8 Å². The number of anilines is 1. The van der Waals surface area contributed by atoms with Crippen molar-refractivity contribution in [2.75, 3.05) is 39.1 Å². The molecule has 0 spiro atoms. The molecule has 11 nitrogen and oxygen atoms in total. The zero-order chi connectivity index (χ0) is 22.5. The van der Waals surface area contributed by atoms with Gasteiger partial charge in [0.2, 0.25) is 0 Å². The molecule has 3 N–H and O–H groups in total. The van der Waals surface area contributed by atoms with E-state index >= 15 is 0 Å². The minimum atomic E-state index is -0.760. The summed E-state index contributed by atoms with van der Waals surface area (Å²) in [6, 6.07) is 3.19. The lowest BCUT2D eigenvalue weighted by Crippen LogP contribution is -2.29. The fourth-order valence-corrected chi connectivity index (χ4v) is 3.45. The van der Waals surface area contributed by atoms with Crippen LogP contribution >= 0.6 is 0 Å². The number of nitrogens with zero attached hydrogens (tertiary/aromatic N) is 5. The monoisotopic (exact) mass is 429 g/mol. The number of aliphatic hydroxyl groups excluding tert-OH is 1. The number of rotatable bonds is 10. The molecule has 0 fully saturated rings. The van der Waals surface area contributed by atoms with Gasteiger partial charge in [0, 0.05) is 31.9 Å². The molecular formula is C20H27N7O4. The molecule has 3 rings (SSSR count). The Hall–Kier alpha value is -3.18. The van der Waals surface area contributed by atoms with Crippen molar-refractivity contribution in [2.45, 2.75) is 32.4 Å². The molecular weight excluding hydrogens is 402 g/mol. The molecule has 0 saturated carbocycles. The van der Waals surface area contributed by atoms with Crippen LogP contribution in [-0.4, -0.2) is 69.4 Å². The van der Waals surface area contributed by atoms with Crippen LogP contribution in [0.2, 0.25) is 0 Å². The zero-order valence-electron chi connectivity index (χ0n) is 17.9. The normalized spacial score (nSPS) is 12.5. The molecule has 2 heterocycles. The van der Waals surface area contributed by atoms with Crippen LogP contribution in [0.3, 0.4) is 0 Å². The maximum Gasteiger partial charge on any atom is 0.349 e. The summed E-state index contributed by atoms with van der Waals surface area (Å²) in [5.41, 5.74) is 1.79. The molecule has 31 heavy (non-hydrogen) atoms. The molecule has 0 aromatic heterocycles. The van der Waals surface area contributed by atoms with Gasteiger partial charge in [-0.3, -0.25) is 9.78 Å². The van der Waals surface area contributed by atoms with Gasteiger partial charge in [0.25, 0.3) is 5.56 Å². The first kappa shape index (κ1) is 22.5. The SMILES string of the molecule is Cc1cc2nc3c(=O)[nH]c(=O)nc-3n(CC[C@@H](CCO)N=O)c2cc1NCCN(C)C. The molecule has 0 saturated heterocycles. The molecule has 2 aliphatic rings. The zero-order valence-corrected chi connectivity index (χ0v) is 17.9. The Bertz CT molecular complexity index is 1150. The highest BCUT2D eigenvalue weighted by atomic mass is 16.3. The third-order valence-corrected chi connectivity index (χ3v) is 5.13. The number of aromatic nitrogens is 4. The predicted molar refractivity (Wildman–Crippen MR) is 119 cm³/mol. The van der Waals surface area contributed by atoms with Crippen molar-refractivity contribution < 1.29 is 5.11 Å². The van der Waals surface area contributed by atoms with E-state index in [9.17, 15) is 14.5 Å². The van der Waals surface area contributed by atoms with E-state index in [-0.39, 0.29) is 31.1 Å². The molecule has 1 aromatic rings. The molecule has 0 bridgehead atoms. The minimum absolute atomic E-state index is 0.0533. The summed E-state index contributed by atoms with van der Waals surface area (Å²) < 4.78 is 1.72. The lowest BCUT2D eigenvalue weighted by atomic mass is 10.1. The third kappa shape index (κ3) is 5.12. The van der Waals surface area contributed by atoms with Gasteiger partial charge in [-0.1, -0.05) is 5.18 Å². The number of likely N-dealkylation sites (N-methyl/N-ethyl adjacent to an activating group) is 1. The average molecular weight is 429 g/mol. The van der Waals surface area contributed by atoms with E-state index in [2.05, 4.69) is 30.3 Å². The highest BCUT2D eigenvalue weighted by Crippen LogP contribution is 2.27. The van der Waals surface area contributed by atoms with Gasteiger partial charge in [0.05, 0.1) is 17.1 Å². The number of hydrogen-bond acceptors (Lipinski definition) is 9. The molecule has 0 amide bonds. The van der Waals surface area contributed by atoms with E-state index < -0.39 is 17.3 Å². The molecule has 1 aromatic carbocycles. The lowest BCUT2D eigenvalue weighted by Gasteiger charge is -2.20. The number of aromatic amines is 1. The maximum absolute atomic E-state index is 12.4. The number of nitroso groups, excluding NO2 is 1. The van der Waals surface area contributed by atoms with E-state index in [4.69, 9.17) is 5.11 Å². The van der Waals surface area contributed by atoms with Gasteiger partial charge in [0.1, 0.15) is 0 Å². The summed E-state index contributed by atoms with van der Waals surface area (Å²) in [5, 5.41) is 15.6. The second-order valence-corrected chi connectivity index (χ2v) is 7.75. The smallest absolute Gasteiger partial charge is 0.349 e. The van der Waals surface area contributed by atoms with Crippen molar-refractivity contribution in [2.24, 2.45) is 5.18 Å². The largest absolute Gasteiger partial charge is 0.396 e. The highest BCUT2D eigenvalue weighted by molar-refractivity contribution is 5.84. The predicted octanol–water partition coefficient (Wildman–Crippen LogP) is 0.774. The number of aliphatic hydroxyl groups is 1. The molecule has 2 aliphatic heterocycles. The second-order valence-electron chi connectivity index (χ2n) is 7.75. The van der Waals surface area contributed by atoms with Gasteiger partial charge >= 0.3 is 5.69 Å². The Morgan fingerprint density at radius 3 is 2.71 bits per heavy atom. The Labute approximate surface area is 178 Å². The molecule has 1 atom stereocenters. The highest BCUT2D eigenvalue weighted by Gasteiger charge is 2.20. The number of fused-ring (bicyclic) bond motifs is 2. The van der Waals surface area contributed by atoms with E-state index in [0.29, 0.717) is 17.5 Å². The van der Waals surface area contributed by atoms with Crippen LogP contribution in [0.1, 0.15) is 18.4 Å². The Kier molecular flexibility index (Phi) is 7.08. The van der Waals surface area contributed by atoms with E-state index in [1.165, 1.54) is 0 Å². The van der Waals surface area contributed by atoms with Gasteiger partial charge in [-0.25, -0.2) is 9.78 Å². The van der Waals surface area contributed by atoms with Gasteiger partial charge in [-0.2, -0.15) is 9.89 Å². The minimum Gasteiger partial charge on any atom is -0.396 e. The van der Waals surface area contributed by atoms with Crippen molar-refractivity contribution in [3.8, 4) is 11.5 Å². The van der Waals surface area contributed by atoms with Gasteiger partial charge in [-0.15, -0.1) is 0 Å². The first-order chi connectivity index (χ1) is 14.8. The number of hydrogen-bond donors (Lipinski definition) is 3. The van der Waals surface area contributed by atoms with Crippen molar-refractivity contribution in [3.63, 3.8) is 0 Å². The number of aryl methyl sites for hydroxylation is 2. The van der Waals surface area contributed by atoms with E-state index in [1.54, 1.807) is 4.57 Å². The first-order valence-corrected chi connectivity index (χ1v) is 10.1. The average Bonchev–Trinajstić information content (AvgIpc) is 2.71. The van der Waals surface area contributed by atoms with E-state index in [0.717, 1.165) is 24.3 Å².